The minimum Gasteiger partial charge on any atom is -0.497 e. The fourth-order valence-corrected chi connectivity index (χ4v) is 3.81. The van der Waals surface area contributed by atoms with Crippen molar-refractivity contribution in [3.8, 4) is 16.9 Å². The van der Waals surface area contributed by atoms with E-state index >= 15 is 0 Å². The van der Waals surface area contributed by atoms with Gasteiger partial charge in [0, 0.05) is 24.5 Å². The Kier molecular flexibility index (Phi) is 5.21. The zero-order chi connectivity index (χ0) is 17.1. The molecule has 0 aliphatic heterocycles. The summed E-state index contributed by atoms with van der Waals surface area (Å²) in [6.45, 7) is 3.13. The van der Waals surface area contributed by atoms with Crippen LogP contribution in [0.15, 0.2) is 29.6 Å². The van der Waals surface area contributed by atoms with E-state index in [9.17, 15) is 0 Å². The van der Waals surface area contributed by atoms with E-state index < -0.39 is 0 Å². The summed E-state index contributed by atoms with van der Waals surface area (Å²) in [4.78, 5) is 12.0. The van der Waals surface area contributed by atoms with Crippen LogP contribution in [0, 0.1) is 0 Å². The fraction of sp³-hybridized carbons (Fsp3) is 0.333. The van der Waals surface area contributed by atoms with Gasteiger partial charge < -0.3 is 9.64 Å². The molecule has 0 atom stereocenters. The number of fused-ring (bicyclic) bond motifs is 1. The van der Waals surface area contributed by atoms with Crippen molar-refractivity contribution in [1.82, 2.24) is 9.97 Å². The number of methoxy groups -OCH3 is 1. The largest absolute Gasteiger partial charge is 0.497 e. The molecule has 0 fully saturated rings. The molecule has 0 radical (unpaired) electrons. The molecule has 0 amide bonds. The second-order valence-electron chi connectivity index (χ2n) is 5.65. The van der Waals surface area contributed by atoms with Crippen molar-refractivity contribution in [3.05, 3.63) is 34.9 Å². The highest BCUT2D eigenvalue weighted by Gasteiger charge is 2.17. The Hall–Kier alpha value is -1.85. The molecule has 0 N–H and O–H groups in total. The fourth-order valence-electron chi connectivity index (χ4n) is 2.66. The lowest BCUT2D eigenvalue weighted by Gasteiger charge is -2.19. The second-order valence-corrected chi connectivity index (χ2v) is 6.85. The van der Waals surface area contributed by atoms with Crippen molar-refractivity contribution in [2.45, 2.75) is 19.8 Å². The number of halogens is 1. The predicted molar refractivity (Wildman–Crippen MR) is 103 cm³/mol. The third-order valence-electron chi connectivity index (χ3n) is 4.00. The van der Waals surface area contributed by atoms with Crippen molar-refractivity contribution < 1.29 is 4.74 Å². The minimum atomic E-state index is 0.295. The maximum atomic E-state index is 6.14. The van der Waals surface area contributed by atoms with Gasteiger partial charge in [-0.2, -0.15) is 4.98 Å². The molecule has 6 heteroatoms. The maximum Gasteiger partial charge on any atom is 0.225 e. The number of aromatic nitrogens is 2. The molecule has 0 aliphatic carbocycles. The summed E-state index contributed by atoms with van der Waals surface area (Å²) in [7, 11) is 3.73. The summed E-state index contributed by atoms with van der Waals surface area (Å²) < 4.78 is 5.25. The van der Waals surface area contributed by atoms with E-state index in [2.05, 4.69) is 46.4 Å². The number of nitrogens with zero attached hydrogens (tertiary/aromatic N) is 3. The molecule has 3 rings (SSSR count). The van der Waals surface area contributed by atoms with Gasteiger partial charge in [0.2, 0.25) is 5.28 Å². The highest BCUT2D eigenvalue weighted by Crippen LogP contribution is 2.39. The Bertz CT molecular complexity index is 832. The Balaban J connectivity index is 2.11. The number of ether oxygens (including phenoxy) is 1. The predicted octanol–water partition coefficient (Wildman–Crippen LogP) is 5.26. The van der Waals surface area contributed by atoms with Crippen LogP contribution in [-0.4, -0.2) is 30.7 Å². The lowest BCUT2D eigenvalue weighted by Crippen LogP contribution is -2.20. The van der Waals surface area contributed by atoms with Gasteiger partial charge in [0.05, 0.1) is 12.5 Å². The molecular weight excluding hydrogens is 342 g/mol. The Morgan fingerprint density at radius 3 is 2.62 bits per heavy atom. The smallest absolute Gasteiger partial charge is 0.225 e. The van der Waals surface area contributed by atoms with E-state index in [0.29, 0.717) is 5.28 Å². The Morgan fingerprint density at radius 1 is 1.21 bits per heavy atom. The molecule has 3 aromatic rings. The monoisotopic (exact) mass is 361 g/mol. The SMILES string of the molecule is CCCCN(C)c1nc(Cl)nc2scc(-c3ccc(OC)cc3)c12. The van der Waals surface area contributed by atoms with Crippen LogP contribution in [-0.2, 0) is 0 Å². The standard InChI is InChI=1S/C18H20ClN3OS/c1-4-5-10-22(2)16-15-14(11-24-17(15)21-18(19)20-16)12-6-8-13(23-3)9-7-12/h6-9,11H,4-5,10H2,1-3H3. The van der Waals surface area contributed by atoms with Crippen molar-refractivity contribution in [2.75, 3.05) is 25.6 Å². The van der Waals surface area contributed by atoms with E-state index in [-0.39, 0.29) is 0 Å². The molecule has 4 nitrogen and oxygen atoms in total. The molecule has 2 heterocycles. The van der Waals surface area contributed by atoms with Crippen LogP contribution in [0.4, 0.5) is 5.82 Å². The topological polar surface area (TPSA) is 38.2 Å². The third kappa shape index (κ3) is 3.32. The van der Waals surface area contributed by atoms with E-state index in [1.807, 2.05) is 12.1 Å². The average molecular weight is 362 g/mol. The van der Waals surface area contributed by atoms with Gasteiger partial charge in [0.1, 0.15) is 16.4 Å². The summed E-state index contributed by atoms with van der Waals surface area (Å²) in [5, 5.41) is 3.48. The van der Waals surface area contributed by atoms with Crippen LogP contribution < -0.4 is 9.64 Å². The summed E-state index contributed by atoms with van der Waals surface area (Å²) in [6, 6.07) is 8.06. The van der Waals surface area contributed by atoms with E-state index in [4.69, 9.17) is 16.3 Å². The summed E-state index contributed by atoms with van der Waals surface area (Å²) in [5.41, 5.74) is 2.26. The molecule has 0 saturated carbocycles. The summed E-state index contributed by atoms with van der Waals surface area (Å²) in [6.07, 6.45) is 2.25. The van der Waals surface area contributed by atoms with Crippen LogP contribution in [0.2, 0.25) is 5.28 Å². The number of unbranched alkanes of at least 4 members (excludes halogenated alkanes) is 1. The summed E-state index contributed by atoms with van der Waals surface area (Å²) in [5.74, 6) is 1.74. The first-order valence-electron chi connectivity index (χ1n) is 7.94. The van der Waals surface area contributed by atoms with Gasteiger partial charge >= 0.3 is 0 Å². The lowest BCUT2D eigenvalue weighted by molar-refractivity contribution is 0.415. The maximum absolute atomic E-state index is 6.14. The van der Waals surface area contributed by atoms with Gasteiger partial charge in [-0.15, -0.1) is 11.3 Å². The normalized spacial score (nSPS) is 11.0. The molecule has 2 aromatic heterocycles. The number of rotatable bonds is 6. The van der Waals surface area contributed by atoms with Crippen LogP contribution in [0.1, 0.15) is 19.8 Å². The van der Waals surface area contributed by atoms with E-state index in [1.165, 1.54) is 0 Å². The number of hydrogen-bond donors (Lipinski definition) is 0. The minimum absolute atomic E-state index is 0.295. The summed E-state index contributed by atoms with van der Waals surface area (Å²) >= 11 is 7.73. The van der Waals surface area contributed by atoms with Gasteiger partial charge in [-0.3, -0.25) is 0 Å². The Labute approximate surface area is 151 Å². The van der Waals surface area contributed by atoms with Gasteiger partial charge in [0.25, 0.3) is 0 Å². The first-order chi connectivity index (χ1) is 11.6. The number of hydrogen-bond acceptors (Lipinski definition) is 5. The van der Waals surface area contributed by atoms with Crippen molar-refractivity contribution in [1.29, 1.82) is 0 Å². The zero-order valence-corrected chi connectivity index (χ0v) is 15.6. The second kappa shape index (κ2) is 7.36. The van der Waals surface area contributed by atoms with Crippen LogP contribution in [0.3, 0.4) is 0 Å². The number of benzene rings is 1. The molecule has 1 aromatic carbocycles. The molecule has 0 aliphatic rings. The van der Waals surface area contributed by atoms with Crippen molar-refractivity contribution in [3.63, 3.8) is 0 Å². The van der Waals surface area contributed by atoms with Gasteiger partial charge in [0.15, 0.2) is 0 Å². The molecule has 0 unspecified atom stereocenters. The van der Waals surface area contributed by atoms with Gasteiger partial charge in [-0.25, -0.2) is 4.98 Å². The average Bonchev–Trinajstić information content (AvgIpc) is 3.02. The van der Waals surface area contributed by atoms with Gasteiger partial charge in [-0.05, 0) is 35.7 Å². The highest BCUT2D eigenvalue weighted by molar-refractivity contribution is 7.17. The van der Waals surface area contributed by atoms with Crippen LogP contribution in [0.5, 0.6) is 5.75 Å². The molecule has 24 heavy (non-hydrogen) atoms. The van der Waals surface area contributed by atoms with Crippen LogP contribution >= 0.6 is 22.9 Å². The number of thiophene rings is 1. The first-order valence-corrected chi connectivity index (χ1v) is 9.20. The third-order valence-corrected chi connectivity index (χ3v) is 5.04. The molecule has 0 spiro atoms. The van der Waals surface area contributed by atoms with Crippen molar-refractivity contribution in [2.24, 2.45) is 0 Å². The molecule has 0 saturated heterocycles. The van der Waals surface area contributed by atoms with E-state index in [1.54, 1.807) is 18.4 Å². The highest BCUT2D eigenvalue weighted by atomic mass is 35.5. The van der Waals surface area contributed by atoms with Gasteiger partial charge in [-0.1, -0.05) is 25.5 Å². The quantitative estimate of drug-likeness (QED) is 0.561. The molecular formula is C18H20ClN3OS. The zero-order valence-electron chi connectivity index (χ0n) is 14.0. The first kappa shape index (κ1) is 17.0. The Morgan fingerprint density at radius 2 is 1.96 bits per heavy atom. The van der Waals surface area contributed by atoms with Crippen LogP contribution in [0.25, 0.3) is 21.3 Å². The number of anilines is 1. The molecule has 126 valence electrons. The molecule has 0 bridgehead atoms. The van der Waals surface area contributed by atoms with Crippen molar-refractivity contribution >= 4 is 39.0 Å². The van der Waals surface area contributed by atoms with E-state index in [0.717, 1.165) is 52.3 Å². The lowest BCUT2D eigenvalue weighted by atomic mass is 10.1.